The summed E-state index contributed by atoms with van der Waals surface area (Å²) in [4.78, 5) is 29.9. The van der Waals surface area contributed by atoms with E-state index in [4.69, 9.17) is 0 Å². The number of nitrogens with one attached hydrogen (secondary N) is 2. The van der Waals surface area contributed by atoms with Gasteiger partial charge < -0.3 is 15.3 Å². The highest BCUT2D eigenvalue weighted by Crippen LogP contribution is 2.55. The van der Waals surface area contributed by atoms with Gasteiger partial charge in [0.15, 0.2) is 0 Å². The number of benzene rings is 1. The molecule has 1 aromatic carbocycles. The minimum atomic E-state index is -0.343. The Balaban J connectivity index is 1.11. The van der Waals surface area contributed by atoms with Crippen molar-refractivity contribution >= 4 is 17.6 Å². The van der Waals surface area contributed by atoms with Crippen LogP contribution >= 0.6 is 0 Å². The molecular formula is C24H34N4O3. The molecule has 1 aliphatic heterocycles. The third-order valence-electron chi connectivity index (χ3n) is 8.11. The maximum absolute atomic E-state index is 12.8. The normalized spacial score (nSPS) is 33.2. The number of rotatable bonds is 4. The minimum absolute atomic E-state index is 0.0852. The number of phenolic OH excluding ortho intramolecular Hbond substituents is 1. The lowest BCUT2D eigenvalue weighted by Crippen LogP contribution is -2.63. The van der Waals surface area contributed by atoms with Gasteiger partial charge in [0, 0.05) is 37.4 Å². The third kappa shape index (κ3) is 4.25. The smallest absolute Gasteiger partial charge is 0.321 e. The number of anilines is 1. The molecule has 3 amide bonds. The minimum Gasteiger partial charge on any atom is -0.508 e. The molecule has 1 saturated heterocycles. The summed E-state index contributed by atoms with van der Waals surface area (Å²) in [6.07, 6.45) is 7.22. The molecular weight excluding hydrogens is 392 g/mol. The van der Waals surface area contributed by atoms with Crippen molar-refractivity contribution in [1.29, 1.82) is 0 Å². The van der Waals surface area contributed by atoms with Crippen LogP contribution in [0.2, 0.25) is 0 Å². The first-order chi connectivity index (χ1) is 14.9. The summed E-state index contributed by atoms with van der Waals surface area (Å²) in [5.74, 6) is 2.31. The van der Waals surface area contributed by atoms with Crippen LogP contribution in [0.1, 0.15) is 45.4 Å². The second-order valence-electron chi connectivity index (χ2n) is 10.4. The molecule has 5 aliphatic rings. The average molecular weight is 427 g/mol. The topological polar surface area (TPSA) is 84.9 Å². The van der Waals surface area contributed by atoms with Crippen LogP contribution in [0.15, 0.2) is 24.3 Å². The number of hydrogen-bond acceptors (Lipinski definition) is 5. The van der Waals surface area contributed by atoms with Crippen LogP contribution in [0.5, 0.6) is 5.75 Å². The van der Waals surface area contributed by atoms with Crippen LogP contribution < -0.4 is 15.5 Å². The Morgan fingerprint density at radius 2 is 1.52 bits per heavy atom. The number of carbonyl (C=O) groups excluding carboxylic acids is 2. The predicted octanol–water partition coefficient (Wildman–Crippen LogP) is 2.70. The number of aromatic hydroxyl groups is 1. The molecule has 4 saturated carbocycles. The fourth-order valence-corrected chi connectivity index (χ4v) is 6.95. The molecule has 7 heteroatoms. The van der Waals surface area contributed by atoms with Gasteiger partial charge in [-0.2, -0.15) is 0 Å². The van der Waals surface area contributed by atoms with E-state index in [1.54, 1.807) is 12.1 Å². The zero-order valence-electron chi connectivity index (χ0n) is 18.3. The molecule has 0 spiro atoms. The number of carbonyl (C=O) groups is 2. The van der Waals surface area contributed by atoms with Crippen molar-refractivity contribution in [1.82, 2.24) is 15.5 Å². The maximum atomic E-state index is 12.8. The Morgan fingerprint density at radius 3 is 2.06 bits per heavy atom. The molecule has 1 atom stereocenters. The summed E-state index contributed by atoms with van der Waals surface area (Å²) in [6.45, 7) is 5.01. The second kappa shape index (κ2) is 8.01. The summed E-state index contributed by atoms with van der Waals surface area (Å²) < 4.78 is 0. The Labute approximate surface area is 184 Å². The zero-order valence-corrected chi connectivity index (χ0v) is 18.3. The second-order valence-corrected chi connectivity index (χ2v) is 10.4. The van der Waals surface area contributed by atoms with E-state index in [9.17, 15) is 14.7 Å². The first-order valence-electron chi connectivity index (χ1n) is 11.8. The molecule has 6 rings (SSSR count). The van der Waals surface area contributed by atoms with Gasteiger partial charge in [-0.25, -0.2) is 4.79 Å². The van der Waals surface area contributed by atoms with Gasteiger partial charge >= 0.3 is 6.03 Å². The predicted molar refractivity (Wildman–Crippen MR) is 119 cm³/mol. The molecule has 5 fully saturated rings. The molecule has 7 nitrogen and oxygen atoms in total. The summed E-state index contributed by atoms with van der Waals surface area (Å²) in [5, 5.41) is 15.3. The molecule has 31 heavy (non-hydrogen) atoms. The van der Waals surface area contributed by atoms with Gasteiger partial charge in [0.25, 0.3) is 0 Å². The summed E-state index contributed by atoms with van der Waals surface area (Å²) in [6, 6.07) is 6.55. The molecule has 0 unspecified atom stereocenters. The van der Waals surface area contributed by atoms with Crippen LogP contribution in [0.25, 0.3) is 0 Å². The van der Waals surface area contributed by atoms with Gasteiger partial charge in [-0.3, -0.25) is 15.0 Å². The number of nitrogens with zero attached hydrogens (tertiary/aromatic N) is 2. The molecule has 4 bridgehead atoms. The van der Waals surface area contributed by atoms with E-state index in [0.717, 1.165) is 68.9 Å². The van der Waals surface area contributed by atoms with Crippen LogP contribution in [0.3, 0.4) is 0 Å². The van der Waals surface area contributed by atoms with Crippen molar-refractivity contribution < 1.29 is 14.7 Å². The summed E-state index contributed by atoms with van der Waals surface area (Å²) in [5.41, 5.74) is 0.988. The van der Waals surface area contributed by atoms with E-state index >= 15 is 0 Å². The van der Waals surface area contributed by atoms with E-state index in [0.29, 0.717) is 0 Å². The highest BCUT2D eigenvalue weighted by molar-refractivity contribution is 5.97. The fraction of sp³-hybridized carbons (Fsp3) is 0.667. The maximum Gasteiger partial charge on any atom is 0.321 e. The molecule has 4 aliphatic carbocycles. The van der Waals surface area contributed by atoms with E-state index in [1.807, 2.05) is 19.1 Å². The first-order valence-corrected chi connectivity index (χ1v) is 11.8. The number of phenols is 1. The van der Waals surface area contributed by atoms with Crippen molar-refractivity contribution in [3.05, 3.63) is 24.3 Å². The Hall–Kier alpha value is -2.28. The molecule has 3 N–H and O–H groups in total. The molecule has 0 radical (unpaired) electrons. The Bertz CT molecular complexity index is 796. The number of amides is 3. The SMILES string of the molecule is C[C@H](C(=O)NC(=O)NC12CC3CC(CC(C3)C1)C2)N1CCN(c2ccc(O)cc2)CC1. The van der Waals surface area contributed by atoms with E-state index < -0.39 is 0 Å². The van der Waals surface area contributed by atoms with Gasteiger partial charge in [-0.1, -0.05) is 0 Å². The third-order valence-corrected chi connectivity index (χ3v) is 8.11. The Morgan fingerprint density at radius 1 is 0.968 bits per heavy atom. The average Bonchev–Trinajstić information content (AvgIpc) is 2.72. The molecule has 168 valence electrons. The number of hydrogen-bond donors (Lipinski definition) is 3. The van der Waals surface area contributed by atoms with Gasteiger partial charge in [0.2, 0.25) is 5.91 Å². The monoisotopic (exact) mass is 426 g/mol. The zero-order chi connectivity index (χ0) is 21.6. The number of urea groups is 1. The Kier molecular flexibility index (Phi) is 5.32. The lowest BCUT2D eigenvalue weighted by Gasteiger charge is -2.56. The van der Waals surface area contributed by atoms with Crippen LogP contribution in [0.4, 0.5) is 10.5 Å². The lowest BCUT2D eigenvalue weighted by atomic mass is 9.53. The highest BCUT2D eigenvalue weighted by atomic mass is 16.3. The summed E-state index contributed by atoms with van der Waals surface area (Å²) >= 11 is 0. The molecule has 1 heterocycles. The standard InChI is InChI=1S/C24H34N4O3/c1-16(27-6-8-28(9-7-27)20-2-4-21(29)5-3-20)22(30)25-23(31)26-24-13-17-10-18(14-24)12-19(11-17)15-24/h2-5,16-19,29H,6-15H2,1H3,(H2,25,26,30,31)/t16-,17?,18?,19?,24?/m1/s1. The van der Waals surface area contributed by atoms with Gasteiger partial charge in [0.05, 0.1) is 6.04 Å². The van der Waals surface area contributed by atoms with E-state index in [-0.39, 0.29) is 29.3 Å². The first kappa shape index (κ1) is 20.6. The number of imide groups is 1. The van der Waals surface area contributed by atoms with Crippen LogP contribution in [-0.2, 0) is 4.79 Å². The lowest BCUT2D eigenvalue weighted by molar-refractivity contribution is -0.125. The van der Waals surface area contributed by atoms with Crippen molar-refractivity contribution in [2.45, 2.75) is 57.0 Å². The largest absolute Gasteiger partial charge is 0.508 e. The van der Waals surface area contributed by atoms with E-state index in [2.05, 4.69) is 20.4 Å². The molecule has 0 aromatic heterocycles. The van der Waals surface area contributed by atoms with Crippen molar-refractivity contribution in [2.75, 3.05) is 31.1 Å². The fourth-order valence-electron chi connectivity index (χ4n) is 6.95. The number of piperazine rings is 1. The van der Waals surface area contributed by atoms with Gasteiger partial charge in [-0.05, 0) is 87.5 Å². The quantitative estimate of drug-likeness (QED) is 0.689. The van der Waals surface area contributed by atoms with Crippen molar-refractivity contribution in [2.24, 2.45) is 17.8 Å². The van der Waals surface area contributed by atoms with Gasteiger partial charge in [-0.15, -0.1) is 0 Å². The van der Waals surface area contributed by atoms with Crippen LogP contribution in [0, 0.1) is 17.8 Å². The summed E-state index contributed by atoms with van der Waals surface area (Å²) in [7, 11) is 0. The van der Waals surface area contributed by atoms with Gasteiger partial charge in [0.1, 0.15) is 5.75 Å². The highest BCUT2D eigenvalue weighted by Gasteiger charge is 2.51. The van der Waals surface area contributed by atoms with Crippen molar-refractivity contribution in [3.63, 3.8) is 0 Å². The van der Waals surface area contributed by atoms with Crippen molar-refractivity contribution in [3.8, 4) is 5.75 Å². The van der Waals surface area contributed by atoms with Crippen LogP contribution in [-0.4, -0.2) is 59.7 Å². The molecule has 1 aromatic rings. The van der Waals surface area contributed by atoms with E-state index in [1.165, 1.54) is 19.3 Å².